The lowest BCUT2D eigenvalue weighted by molar-refractivity contribution is 0.415. The van der Waals surface area contributed by atoms with Crippen molar-refractivity contribution in [3.63, 3.8) is 0 Å². The predicted molar refractivity (Wildman–Crippen MR) is 87.3 cm³/mol. The average Bonchev–Trinajstić information content (AvgIpc) is 2.38. The van der Waals surface area contributed by atoms with Gasteiger partial charge in [-0.3, -0.25) is 0 Å². The fourth-order valence-electron chi connectivity index (χ4n) is 1.66. The van der Waals surface area contributed by atoms with Crippen molar-refractivity contribution in [3.05, 3.63) is 44.8 Å². The summed E-state index contributed by atoms with van der Waals surface area (Å²) in [4.78, 5) is 0. The molecule has 0 saturated heterocycles. The van der Waals surface area contributed by atoms with Crippen LogP contribution in [0.15, 0.2) is 39.3 Å². The molecule has 19 heavy (non-hydrogen) atoms. The van der Waals surface area contributed by atoms with Crippen LogP contribution in [0.5, 0.6) is 5.75 Å². The molecule has 0 heterocycles. The first-order chi connectivity index (χ1) is 9.01. The van der Waals surface area contributed by atoms with Crippen molar-refractivity contribution < 1.29 is 4.74 Å². The smallest absolute Gasteiger partial charge is 0.121 e. The molecule has 0 aromatic heterocycles. The van der Waals surface area contributed by atoms with Crippen LogP contribution in [0.25, 0.3) is 0 Å². The first-order valence-corrected chi connectivity index (χ1v) is 7.26. The molecule has 0 unspecified atom stereocenters. The first-order valence-electron chi connectivity index (χ1n) is 5.67. The second-order valence-electron chi connectivity index (χ2n) is 4.16. The summed E-state index contributed by atoms with van der Waals surface area (Å²) in [5.74, 6) is 0.800. The van der Waals surface area contributed by atoms with Gasteiger partial charge in [0.1, 0.15) is 5.75 Å². The van der Waals surface area contributed by atoms with Gasteiger partial charge in [-0.1, -0.05) is 0 Å². The molecule has 0 bridgehead atoms. The van der Waals surface area contributed by atoms with E-state index in [1.54, 1.807) is 7.11 Å². The van der Waals surface area contributed by atoms with Gasteiger partial charge in [-0.15, -0.1) is 0 Å². The number of halogens is 2. The number of ether oxygens (including phenoxy) is 1. The standard InChI is InChI=1S/C14H14Br2N2O/c1-8-5-13(11(16)7-12(8)17)18-14-6-9(19-2)3-4-10(14)15/h3-7,18H,17H2,1-2H3. The van der Waals surface area contributed by atoms with E-state index in [0.717, 1.165) is 37.3 Å². The minimum absolute atomic E-state index is 0.766. The van der Waals surface area contributed by atoms with Gasteiger partial charge in [0.2, 0.25) is 0 Å². The molecule has 0 aliphatic rings. The van der Waals surface area contributed by atoms with E-state index in [2.05, 4.69) is 37.2 Å². The number of nitrogen functional groups attached to an aromatic ring is 1. The zero-order valence-electron chi connectivity index (χ0n) is 10.6. The summed E-state index contributed by atoms with van der Waals surface area (Å²) in [6.07, 6.45) is 0. The summed E-state index contributed by atoms with van der Waals surface area (Å²) in [7, 11) is 1.65. The van der Waals surface area contributed by atoms with Crippen molar-refractivity contribution in [2.24, 2.45) is 0 Å². The van der Waals surface area contributed by atoms with E-state index in [1.807, 2.05) is 37.3 Å². The Hall–Kier alpha value is -1.20. The second kappa shape index (κ2) is 5.84. The van der Waals surface area contributed by atoms with Crippen LogP contribution < -0.4 is 15.8 Å². The highest BCUT2D eigenvalue weighted by molar-refractivity contribution is 9.11. The van der Waals surface area contributed by atoms with Gasteiger partial charge in [-0.2, -0.15) is 0 Å². The van der Waals surface area contributed by atoms with E-state index < -0.39 is 0 Å². The molecule has 3 N–H and O–H groups in total. The van der Waals surface area contributed by atoms with Crippen LogP contribution in [0.3, 0.4) is 0 Å². The quantitative estimate of drug-likeness (QED) is 0.742. The van der Waals surface area contributed by atoms with E-state index in [4.69, 9.17) is 10.5 Å². The van der Waals surface area contributed by atoms with Crippen LogP contribution in [0.1, 0.15) is 5.56 Å². The number of anilines is 3. The van der Waals surface area contributed by atoms with Crippen molar-refractivity contribution >= 4 is 48.9 Å². The van der Waals surface area contributed by atoms with E-state index in [-0.39, 0.29) is 0 Å². The Balaban J connectivity index is 2.38. The number of hydrogen-bond donors (Lipinski definition) is 2. The molecule has 0 aliphatic heterocycles. The lowest BCUT2D eigenvalue weighted by atomic mass is 10.2. The fourth-order valence-corrected chi connectivity index (χ4v) is 2.47. The van der Waals surface area contributed by atoms with Gasteiger partial charge in [0.05, 0.1) is 18.5 Å². The van der Waals surface area contributed by atoms with Gasteiger partial charge >= 0.3 is 0 Å². The molecule has 100 valence electrons. The predicted octanol–water partition coefficient (Wildman–Crippen LogP) is 4.85. The van der Waals surface area contributed by atoms with Crippen molar-refractivity contribution in [3.8, 4) is 5.75 Å². The summed E-state index contributed by atoms with van der Waals surface area (Å²) in [5.41, 5.74) is 9.56. The zero-order valence-corrected chi connectivity index (χ0v) is 13.8. The Morgan fingerprint density at radius 1 is 1.05 bits per heavy atom. The first kappa shape index (κ1) is 14.2. The van der Waals surface area contributed by atoms with Gasteiger partial charge in [-0.05, 0) is 68.6 Å². The number of nitrogens with two attached hydrogens (primary N) is 1. The van der Waals surface area contributed by atoms with Crippen LogP contribution in [-0.4, -0.2) is 7.11 Å². The Labute approximate surface area is 129 Å². The summed E-state index contributed by atoms with van der Waals surface area (Å²) in [6.45, 7) is 1.98. The van der Waals surface area contributed by atoms with Gasteiger partial charge < -0.3 is 15.8 Å². The molecule has 5 heteroatoms. The van der Waals surface area contributed by atoms with Crippen LogP contribution in [0.2, 0.25) is 0 Å². The van der Waals surface area contributed by atoms with E-state index in [0.29, 0.717) is 0 Å². The van der Waals surface area contributed by atoms with Crippen LogP contribution in [-0.2, 0) is 0 Å². The normalized spacial score (nSPS) is 10.3. The summed E-state index contributed by atoms with van der Waals surface area (Å²) >= 11 is 7.03. The van der Waals surface area contributed by atoms with Crippen LogP contribution >= 0.6 is 31.9 Å². The van der Waals surface area contributed by atoms with Crippen molar-refractivity contribution in [2.75, 3.05) is 18.2 Å². The number of rotatable bonds is 3. The fraction of sp³-hybridized carbons (Fsp3) is 0.143. The maximum atomic E-state index is 5.87. The third-order valence-corrected chi connectivity index (χ3v) is 4.15. The van der Waals surface area contributed by atoms with Gasteiger partial charge in [0.15, 0.2) is 0 Å². The van der Waals surface area contributed by atoms with E-state index >= 15 is 0 Å². The molecule has 0 amide bonds. The Morgan fingerprint density at radius 3 is 2.42 bits per heavy atom. The lowest BCUT2D eigenvalue weighted by Gasteiger charge is -2.13. The highest BCUT2D eigenvalue weighted by atomic mass is 79.9. The molecule has 3 nitrogen and oxygen atoms in total. The van der Waals surface area contributed by atoms with Gasteiger partial charge in [-0.25, -0.2) is 0 Å². The zero-order chi connectivity index (χ0) is 14.0. The number of aryl methyl sites for hydroxylation is 1. The molecule has 0 radical (unpaired) electrons. The molecular weight excluding hydrogens is 372 g/mol. The Bertz CT molecular complexity index is 615. The summed E-state index contributed by atoms with van der Waals surface area (Å²) in [5, 5.41) is 3.35. The maximum absolute atomic E-state index is 5.87. The molecule has 0 saturated carbocycles. The lowest BCUT2D eigenvalue weighted by Crippen LogP contribution is -1.97. The van der Waals surface area contributed by atoms with Crippen LogP contribution in [0.4, 0.5) is 17.1 Å². The highest BCUT2D eigenvalue weighted by Gasteiger charge is 2.07. The summed E-state index contributed by atoms with van der Waals surface area (Å²) < 4.78 is 7.12. The Kier molecular flexibility index (Phi) is 4.37. The van der Waals surface area contributed by atoms with E-state index in [9.17, 15) is 0 Å². The number of nitrogens with one attached hydrogen (secondary N) is 1. The van der Waals surface area contributed by atoms with Crippen LogP contribution in [0, 0.1) is 6.92 Å². The molecule has 2 aromatic carbocycles. The molecule has 2 aromatic rings. The third-order valence-electron chi connectivity index (χ3n) is 2.80. The average molecular weight is 386 g/mol. The molecule has 0 atom stereocenters. The largest absolute Gasteiger partial charge is 0.497 e. The SMILES string of the molecule is COc1ccc(Br)c(Nc2cc(C)c(N)cc2Br)c1. The monoisotopic (exact) mass is 384 g/mol. The van der Waals surface area contributed by atoms with Crippen molar-refractivity contribution in [1.29, 1.82) is 0 Å². The topological polar surface area (TPSA) is 47.3 Å². The minimum Gasteiger partial charge on any atom is -0.497 e. The van der Waals surface area contributed by atoms with Gasteiger partial charge in [0, 0.05) is 20.7 Å². The number of hydrogen-bond acceptors (Lipinski definition) is 3. The van der Waals surface area contributed by atoms with Crippen molar-refractivity contribution in [2.45, 2.75) is 6.92 Å². The molecule has 0 aliphatic carbocycles. The van der Waals surface area contributed by atoms with Crippen molar-refractivity contribution in [1.82, 2.24) is 0 Å². The number of benzene rings is 2. The second-order valence-corrected chi connectivity index (χ2v) is 5.87. The van der Waals surface area contributed by atoms with Gasteiger partial charge in [0.25, 0.3) is 0 Å². The third kappa shape index (κ3) is 3.22. The molecule has 0 fully saturated rings. The summed E-state index contributed by atoms with van der Waals surface area (Å²) in [6, 6.07) is 9.68. The molecular formula is C14H14Br2N2O. The maximum Gasteiger partial charge on any atom is 0.121 e. The molecule has 0 spiro atoms. The van der Waals surface area contributed by atoms with E-state index in [1.165, 1.54) is 0 Å². The highest BCUT2D eigenvalue weighted by Crippen LogP contribution is 2.34. The Morgan fingerprint density at radius 2 is 1.74 bits per heavy atom. The minimum atomic E-state index is 0.766. The molecule has 2 rings (SSSR count). The number of methoxy groups -OCH3 is 1.